The summed E-state index contributed by atoms with van der Waals surface area (Å²) in [5, 5.41) is 5.34. The van der Waals surface area contributed by atoms with Crippen LogP contribution in [-0.2, 0) is 9.59 Å². The number of carbonyl (C=O) groups is 2. The topological polar surface area (TPSA) is 76.7 Å². The second-order valence-electron chi connectivity index (χ2n) is 8.26. The van der Waals surface area contributed by atoms with E-state index in [1.165, 1.54) is 17.8 Å². The Kier molecular flexibility index (Phi) is 9.21. The monoisotopic (exact) mass is 524 g/mol. The Morgan fingerprint density at radius 3 is 1.95 bits per heavy atom. The molecule has 0 heterocycles. The zero-order chi connectivity index (χ0) is 26.7. The van der Waals surface area contributed by atoms with E-state index in [4.69, 9.17) is 9.47 Å². The summed E-state index contributed by atoms with van der Waals surface area (Å²) in [4.78, 5) is 26.6. The molecular weight excluding hydrogens is 496 g/mol. The Labute approximate surface area is 226 Å². The van der Waals surface area contributed by atoms with E-state index in [0.717, 1.165) is 16.0 Å². The van der Waals surface area contributed by atoms with Crippen molar-refractivity contribution in [1.29, 1.82) is 0 Å². The number of carbonyl (C=O) groups excluding carboxylic acids is 2. The van der Waals surface area contributed by atoms with Crippen LogP contribution in [-0.4, -0.2) is 26.0 Å². The van der Waals surface area contributed by atoms with Crippen LogP contribution in [0.1, 0.15) is 16.4 Å². The lowest BCUT2D eigenvalue weighted by atomic mass is 10.1. The van der Waals surface area contributed by atoms with Gasteiger partial charge in [-0.05, 0) is 41.5 Å². The fourth-order valence-corrected chi connectivity index (χ4v) is 4.69. The predicted octanol–water partition coefficient (Wildman–Crippen LogP) is 6.83. The van der Waals surface area contributed by atoms with Gasteiger partial charge in [0, 0.05) is 40.5 Å². The SMILES string of the molecule is COc1cc(NC(=O)C(Sc2ccc(NC(=O)/C=C/c3ccccc3)cc2)c2ccccc2)cc(OC)c1. The number of amides is 2. The summed E-state index contributed by atoms with van der Waals surface area (Å²) in [6.07, 6.45) is 3.27. The first-order chi connectivity index (χ1) is 18.5. The van der Waals surface area contributed by atoms with E-state index in [1.54, 1.807) is 38.5 Å². The maximum absolute atomic E-state index is 13.4. The summed E-state index contributed by atoms with van der Waals surface area (Å²) in [6, 6.07) is 31.9. The van der Waals surface area contributed by atoms with Crippen LogP contribution in [0.25, 0.3) is 6.08 Å². The summed E-state index contributed by atoms with van der Waals surface area (Å²) in [7, 11) is 3.13. The Hall–Kier alpha value is -4.49. The Balaban J connectivity index is 1.46. The Bertz CT molecular complexity index is 1370. The lowest BCUT2D eigenvalue weighted by Gasteiger charge is -2.18. The van der Waals surface area contributed by atoms with Crippen LogP contribution in [0.2, 0.25) is 0 Å². The van der Waals surface area contributed by atoms with Crippen molar-refractivity contribution < 1.29 is 19.1 Å². The number of hydrogen-bond acceptors (Lipinski definition) is 5. The van der Waals surface area contributed by atoms with Gasteiger partial charge in [0.25, 0.3) is 0 Å². The minimum Gasteiger partial charge on any atom is -0.497 e. The average Bonchev–Trinajstić information content (AvgIpc) is 2.96. The molecule has 1 unspecified atom stereocenters. The zero-order valence-corrected chi connectivity index (χ0v) is 21.9. The van der Waals surface area contributed by atoms with Gasteiger partial charge in [-0.1, -0.05) is 60.7 Å². The van der Waals surface area contributed by atoms with Crippen LogP contribution in [0.15, 0.2) is 114 Å². The van der Waals surface area contributed by atoms with Gasteiger partial charge in [-0.25, -0.2) is 0 Å². The van der Waals surface area contributed by atoms with E-state index < -0.39 is 5.25 Å². The molecule has 4 aromatic rings. The summed E-state index contributed by atoms with van der Waals surface area (Å²) in [5.41, 5.74) is 3.07. The van der Waals surface area contributed by atoms with Crippen molar-refractivity contribution in [3.05, 3.63) is 120 Å². The molecule has 0 fully saturated rings. The molecule has 0 radical (unpaired) electrons. The molecule has 0 aromatic heterocycles. The normalized spacial score (nSPS) is 11.5. The van der Waals surface area contributed by atoms with Gasteiger partial charge in [0.05, 0.1) is 14.2 Å². The maximum atomic E-state index is 13.4. The molecule has 0 spiro atoms. The second-order valence-corrected chi connectivity index (χ2v) is 9.44. The third-order valence-electron chi connectivity index (χ3n) is 5.56. The molecule has 1 atom stereocenters. The number of nitrogens with one attached hydrogen (secondary N) is 2. The Morgan fingerprint density at radius 1 is 0.737 bits per heavy atom. The molecule has 0 saturated heterocycles. The fourth-order valence-electron chi connectivity index (χ4n) is 3.66. The van der Waals surface area contributed by atoms with Crippen LogP contribution in [0, 0.1) is 0 Å². The minimum absolute atomic E-state index is 0.181. The summed E-state index contributed by atoms with van der Waals surface area (Å²) >= 11 is 1.42. The van der Waals surface area contributed by atoms with Gasteiger partial charge in [0.15, 0.2) is 0 Å². The quantitative estimate of drug-likeness (QED) is 0.176. The molecule has 6 nitrogen and oxygen atoms in total. The van der Waals surface area contributed by atoms with Crippen LogP contribution in [0.4, 0.5) is 11.4 Å². The standard InChI is InChI=1S/C31H28N2O4S/c1-36-26-19-25(20-27(21-26)37-2)33-31(35)30(23-11-7-4-8-12-23)38-28-16-14-24(15-17-28)32-29(34)18-13-22-9-5-3-6-10-22/h3-21,30H,1-2H3,(H,32,34)(H,33,35)/b18-13+. The fraction of sp³-hybridized carbons (Fsp3) is 0.0968. The van der Waals surface area contributed by atoms with Crippen molar-refractivity contribution in [1.82, 2.24) is 0 Å². The average molecular weight is 525 g/mol. The van der Waals surface area contributed by atoms with Gasteiger partial charge in [0.2, 0.25) is 11.8 Å². The summed E-state index contributed by atoms with van der Waals surface area (Å²) in [5.74, 6) is 0.768. The van der Waals surface area contributed by atoms with Gasteiger partial charge >= 0.3 is 0 Å². The molecule has 0 aliphatic carbocycles. The van der Waals surface area contributed by atoms with E-state index in [1.807, 2.05) is 84.9 Å². The number of benzene rings is 4. The van der Waals surface area contributed by atoms with Crippen LogP contribution in [0.3, 0.4) is 0 Å². The lowest BCUT2D eigenvalue weighted by molar-refractivity contribution is -0.116. The van der Waals surface area contributed by atoms with Gasteiger partial charge in [0.1, 0.15) is 16.7 Å². The van der Waals surface area contributed by atoms with Crippen molar-refractivity contribution in [2.45, 2.75) is 10.1 Å². The summed E-state index contributed by atoms with van der Waals surface area (Å²) in [6.45, 7) is 0. The highest BCUT2D eigenvalue weighted by molar-refractivity contribution is 8.00. The lowest BCUT2D eigenvalue weighted by Crippen LogP contribution is -2.19. The van der Waals surface area contributed by atoms with Crippen molar-refractivity contribution in [2.24, 2.45) is 0 Å². The summed E-state index contributed by atoms with van der Waals surface area (Å²) < 4.78 is 10.7. The van der Waals surface area contributed by atoms with Crippen molar-refractivity contribution in [3.63, 3.8) is 0 Å². The first kappa shape index (κ1) is 26.6. The number of rotatable bonds is 10. The number of ether oxygens (including phenoxy) is 2. The molecular formula is C31H28N2O4S. The van der Waals surface area contributed by atoms with Crippen molar-refractivity contribution >= 4 is 41.0 Å². The van der Waals surface area contributed by atoms with Crippen LogP contribution >= 0.6 is 11.8 Å². The molecule has 2 amide bonds. The third-order valence-corrected chi connectivity index (χ3v) is 6.83. The molecule has 2 N–H and O–H groups in total. The molecule has 4 rings (SSSR count). The van der Waals surface area contributed by atoms with E-state index in [9.17, 15) is 9.59 Å². The van der Waals surface area contributed by atoms with Crippen LogP contribution < -0.4 is 20.1 Å². The van der Waals surface area contributed by atoms with E-state index in [2.05, 4.69) is 10.6 Å². The molecule has 0 bridgehead atoms. The van der Waals surface area contributed by atoms with Gasteiger partial charge < -0.3 is 20.1 Å². The third kappa shape index (κ3) is 7.51. The van der Waals surface area contributed by atoms with Gasteiger partial charge in [-0.3, -0.25) is 9.59 Å². The molecule has 0 aliphatic heterocycles. The number of methoxy groups -OCH3 is 2. The molecule has 4 aromatic carbocycles. The highest BCUT2D eigenvalue weighted by Gasteiger charge is 2.22. The van der Waals surface area contributed by atoms with E-state index in [-0.39, 0.29) is 11.8 Å². The largest absolute Gasteiger partial charge is 0.497 e. The minimum atomic E-state index is -0.511. The highest BCUT2D eigenvalue weighted by Crippen LogP contribution is 2.37. The molecule has 7 heteroatoms. The molecule has 0 saturated carbocycles. The van der Waals surface area contributed by atoms with Crippen molar-refractivity contribution in [3.8, 4) is 11.5 Å². The van der Waals surface area contributed by atoms with Gasteiger partial charge in [-0.15, -0.1) is 11.8 Å². The molecule has 38 heavy (non-hydrogen) atoms. The smallest absolute Gasteiger partial charge is 0.248 e. The molecule has 192 valence electrons. The zero-order valence-electron chi connectivity index (χ0n) is 21.1. The first-order valence-electron chi connectivity index (χ1n) is 11.9. The number of hydrogen-bond donors (Lipinski definition) is 2. The second kappa shape index (κ2) is 13.2. The maximum Gasteiger partial charge on any atom is 0.248 e. The van der Waals surface area contributed by atoms with E-state index in [0.29, 0.717) is 22.9 Å². The van der Waals surface area contributed by atoms with Crippen LogP contribution in [0.5, 0.6) is 11.5 Å². The van der Waals surface area contributed by atoms with Crippen molar-refractivity contribution in [2.75, 3.05) is 24.9 Å². The molecule has 0 aliphatic rings. The van der Waals surface area contributed by atoms with Gasteiger partial charge in [-0.2, -0.15) is 0 Å². The van der Waals surface area contributed by atoms with E-state index >= 15 is 0 Å². The predicted molar refractivity (Wildman–Crippen MR) is 154 cm³/mol. The highest BCUT2D eigenvalue weighted by atomic mass is 32.2. The number of thioether (sulfide) groups is 1. The Morgan fingerprint density at radius 2 is 1.34 bits per heavy atom. The first-order valence-corrected chi connectivity index (χ1v) is 12.8. The number of anilines is 2.